The Labute approximate surface area is 94.0 Å². The molecule has 0 aromatic heterocycles. The van der Waals surface area contributed by atoms with Gasteiger partial charge >= 0.3 is 0 Å². The zero-order valence-electron chi connectivity index (χ0n) is 8.69. The minimum absolute atomic E-state index is 0.324. The highest BCUT2D eigenvalue weighted by Gasteiger charge is 2.21. The lowest BCUT2D eigenvalue weighted by Crippen LogP contribution is -2.03. The lowest BCUT2D eigenvalue weighted by atomic mass is 9.98. The molecule has 0 unspecified atom stereocenters. The largest absolute Gasteiger partial charge is 0.297 e. The number of benzene rings is 1. The molecule has 5 heteroatoms. The molecule has 3 nitrogen and oxygen atoms in total. The van der Waals surface area contributed by atoms with Crippen molar-refractivity contribution >= 4 is 10.1 Å². The van der Waals surface area contributed by atoms with E-state index >= 15 is 0 Å². The summed E-state index contributed by atoms with van der Waals surface area (Å²) in [5, 5.41) is 0. The van der Waals surface area contributed by atoms with Crippen molar-refractivity contribution in [2.75, 3.05) is 0 Å². The highest BCUT2D eigenvalue weighted by Crippen LogP contribution is 2.34. The molecule has 0 amide bonds. The molecule has 1 aliphatic carbocycles. The van der Waals surface area contributed by atoms with E-state index in [1.807, 2.05) is 0 Å². The van der Waals surface area contributed by atoms with Gasteiger partial charge in [-0.2, -0.15) is 8.42 Å². The van der Waals surface area contributed by atoms with Crippen LogP contribution in [0, 0.1) is 5.82 Å². The monoisotopic (exact) mass is 244 g/mol. The SMILES string of the molecule is O=S(=O)(O)c1ccc(C2CCCC2)cc1F. The second-order valence-corrected chi connectivity index (χ2v) is 5.54. The summed E-state index contributed by atoms with van der Waals surface area (Å²) in [5.41, 5.74) is 0.822. The zero-order chi connectivity index (χ0) is 11.8. The van der Waals surface area contributed by atoms with Gasteiger partial charge in [0, 0.05) is 0 Å². The van der Waals surface area contributed by atoms with Crippen molar-refractivity contribution in [1.82, 2.24) is 0 Å². The molecule has 0 atom stereocenters. The first-order valence-corrected chi connectivity index (χ1v) is 6.69. The second-order valence-electron chi connectivity index (χ2n) is 4.15. The Morgan fingerprint density at radius 1 is 1.25 bits per heavy atom. The van der Waals surface area contributed by atoms with E-state index in [0.717, 1.165) is 37.3 Å². The third-order valence-corrected chi connectivity index (χ3v) is 3.95. The fraction of sp³-hybridized carbons (Fsp3) is 0.455. The summed E-state index contributed by atoms with van der Waals surface area (Å²) in [4.78, 5) is -0.644. The van der Waals surface area contributed by atoms with Crippen LogP contribution in [0.4, 0.5) is 4.39 Å². The predicted octanol–water partition coefficient (Wildman–Crippen LogP) is 2.73. The van der Waals surface area contributed by atoms with Crippen molar-refractivity contribution in [2.24, 2.45) is 0 Å². The molecule has 1 N–H and O–H groups in total. The molecular formula is C11H13FO3S. The Morgan fingerprint density at radius 3 is 2.38 bits per heavy atom. The number of hydrogen-bond donors (Lipinski definition) is 1. The van der Waals surface area contributed by atoms with Crippen LogP contribution < -0.4 is 0 Å². The Bertz CT molecular complexity index is 490. The summed E-state index contributed by atoms with van der Waals surface area (Å²) < 4.78 is 43.8. The van der Waals surface area contributed by atoms with E-state index in [9.17, 15) is 12.8 Å². The van der Waals surface area contributed by atoms with Gasteiger partial charge in [0.25, 0.3) is 10.1 Å². The third-order valence-electron chi connectivity index (χ3n) is 3.06. The molecule has 1 fully saturated rings. The Hall–Kier alpha value is -0.940. The van der Waals surface area contributed by atoms with E-state index in [-0.39, 0.29) is 0 Å². The lowest BCUT2D eigenvalue weighted by molar-refractivity contribution is 0.473. The van der Waals surface area contributed by atoms with Crippen LogP contribution in [0.3, 0.4) is 0 Å². The molecule has 0 radical (unpaired) electrons. The van der Waals surface area contributed by atoms with Crippen LogP contribution in [0.5, 0.6) is 0 Å². The van der Waals surface area contributed by atoms with E-state index in [0.29, 0.717) is 5.92 Å². The molecule has 1 aromatic rings. The maximum atomic E-state index is 13.5. The van der Waals surface area contributed by atoms with Crippen molar-refractivity contribution < 1.29 is 17.4 Å². The van der Waals surface area contributed by atoms with Gasteiger partial charge in [-0.3, -0.25) is 4.55 Å². The highest BCUT2D eigenvalue weighted by atomic mass is 32.2. The fourth-order valence-electron chi connectivity index (χ4n) is 2.24. The van der Waals surface area contributed by atoms with Gasteiger partial charge in [-0.25, -0.2) is 4.39 Å². The van der Waals surface area contributed by atoms with Gasteiger partial charge in [0.15, 0.2) is 0 Å². The first-order valence-electron chi connectivity index (χ1n) is 5.25. The zero-order valence-corrected chi connectivity index (χ0v) is 9.50. The van der Waals surface area contributed by atoms with Gasteiger partial charge in [0.2, 0.25) is 0 Å². The fourth-order valence-corrected chi connectivity index (χ4v) is 2.78. The number of hydrogen-bond acceptors (Lipinski definition) is 2. The molecular weight excluding hydrogens is 231 g/mol. The van der Waals surface area contributed by atoms with E-state index in [2.05, 4.69) is 0 Å². The molecule has 88 valence electrons. The average molecular weight is 244 g/mol. The smallest absolute Gasteiger partial charge is 0.282 e. The van der Waals surface area contributed by atoms with E-state index < -0.39 is 20.8 Å². The van der Waals surface area contributed by atoms with E-state index in [4.69, 9.17) is 4.55 Å². The molecule has 0 aliphatic heterocycles. The number of halogens is 1. The van der Waals surface area contributed by atoms with Gasteiger partial charge in [0.05, 0.1) is 0 Å². The van der Waals surface area contributed by atoms with Crippen LogP contribution in [-0.4, -0.2) is 13.0 Å². The Morgan fingerprint density at radius 2 is 1.88 bits per heavy atom. The minimum atomic E-state index is -4.45. The first-order chi connectivity index (χ1) is 7.48. The van der Waals surface area contributed by atoms with Crippen molar-refractivity contribution in [2.45, 2.75) is 36.5 Å². The molecule has 0 bridgehead atoms. The maximum Gasteiger partial charge on any atom is 0.297 e. The van der Waals surface area contributed by atoms with Crippen molar-refractivity contribution in [1.29, 1.82) is 0 Å². The van der Waals surface area contributed by atoms with Gasteiger partial charge in [0.1, 0.15) is 10.7 Å². The van der Waals surface area contributed by atoms with Gasteiger partial charge < -0.3 is 0 Å². The molecule has 0 spiro atoms. The number of rotatable bonds is 2. The van der Waals surface area contributed by atoms with Crippen molar-refractivity contribution in [3.8, 4) is 0 Å². The van der Waals surface area contributed by atoms with Crippen LogP contribution in [0.25, 0.3) is 0 Å². The summed E-state index contributed by atoms with van der Waals surface area (Å²) in [6.45, 7) is 0. The van der Waals surface area contributed by atoms with E-state index in [1.165, 1.54) is 6.07 Å². The lowest BCUT2D eigenvalue weighted by Gasteiger charge is -2.10. The summed E-state index contributed by atoms with van der Waals surface area (Å²) in [5.74, 6) is -0.545. The van der Waals surface area contributed by atoms with Gasteiger partial charge in [-0.1, -0.05) is 18.9 Å². The van der Waals surface area contributed by atoms with Crippen LogP contribution in [0.15, 0.2) is 23.1 Å². The summed E-state index contributed by atoms with van der Waals surface area (Å²) in [6, 6.07) is 3.94. The van der Waals surface area contributed by atoms with E-state index in [1.54, 1.807) is 6.07 Å². The van der Waals surface area contributed by atoms with Crippen molar-refractivity contribution in [3.05, 3.63) is 29.6 Å². The Kier molecular flexibility index (Phi) is 2.99. The second kappa shape index (κ2) is 4.14. The third kappa shape index (κ3) is 2.25. The van der Waals surface area contributed by atoms with Crippen LogP contribution in [-0.2, 0) is 10.1 Å². The van der Waals surface area contributed by atoms with Crippen LogP contribution >= 0.6 is 0 Å². The van der Waals surface area contributed by atoms with Crippen LogP contribution in [0.2, 0.25) is 0 Å². The topological polar surface area (TPSA) is 54.4 Å². The normalized spacial score (nSPS) is 17.9. The summed E-state index contributed by atoms with van der Waals surface area (Å²) >= 11 is 0. The first kappa shape index (κ1) is 11.5. The molecule has 1 aliphatic rings. The molecule has 16 heavy (non-hydrogen) atoms. The van der Waals surface area contributed by atoms with Gasteiger partial charge in [-0.05, 0) is 36.5 Å². The van der Waals surface area contributed by atoms with Gasteiger partial charge in [-0.15, -0.1) is 0 Å². The molecule has 2 rings (SSSR count). The summed E-state index contributed by atoms with van der Waals surface area (Å²) in [6.07, 6.45) is 4.30. The molecule has 1 saturated carbocycles. The molecule has 0 heterocycles. The molecule has 0 saturated heterocycles. The minimum Gasteiger partial charge on any atom is -0.282 e. The highest BCUT2D eigenvalue weighted by molar-refractivity contribution is 7.85. The average Bonchev–Trinajstić information content (AvgIpc) is 2.68. The maximum absolute atomic E-state index is 13.5. The molecule has 1 aromatic carbocycles. The van der Waals surface area contributed by atoms with Crippen molar-refractivity contribution in [3.63, 3.8) is 0 Å². The Balaban J connectivity index is 2.36. The predicted molar refractivity (Wildman–Crippen MR) is 57.4 cm³/mol. The standard InChI is InChI=1S/C11H13FO3S/c12-10-7-9(8-3-1-2-4-8)5-6-11(10)16(13,14)15/h5-8H,1-4H2,(H,13,14,15). The summed E-state index contributed by atoms with van der Waals surface area (Å²) in [7, 11) is -4.45. The quantitative estimate of drug-likeness (QED) is 0.814. The van der Waals surface area contributed by atoms with Crippen LogP contribution in [0.1, 0.15) is 37.2 Å².